The van der Waals surface area contributed by atoms with Crippen molar-refractivity contribution in [3.8, 4) is 0 Å². The summed E-state index contributed by atoms with van der Waals surface area (Å²) in [6.07, 6.45) is 0. The Labute approximate surface area is 130 Å². The molecule has 0 aliphatic rings. The number of nitro benzene ring substituents is 1. The van der Waals surface area contributed by atoms with Crippen molar-refractivity contribution in [2.45, 2.75) is 13.5 Å². The number of hydrogen-bond acceptors (Lipinski definition) is 5. The highest BCUT2D eigenvalue weighted by molar-refractivity contribution is 7.16. The van der Waals surface area contributed by atoms with Crippen LogP contribution in [0.3, 0.4) is 0 Å². The van der Waals surface area contributed by atoms with Crippen LogP contribution in [0.2, 0.25) is 4.34 Å². The van der Waals surface area contributed by atoms with Crippen LogP contribution >= 0.6 is 22.9 Å². The predicted octanol–water partition coefficient (Wildman–Crippen LogP) is 4.15. The number of carbonyl (C=O) groups excluding carboxylic acids is 1. The van der Waals surface area contributed by atoms with Crippen molar-refractivity contribution in [3.05, 3.63) is 55.2 Å². The highest BCUT2D eigenvalue weighted by atomic mass is 35.5. The molecular weight excluding hydrogens is 312 g/mol. The predicted molar refractivity (Wildman–Crippen MR) is 84.5 cm³/mol. The van der Waals surface area contributed by atoms with Crippen LogP contribution in [-0.4, -0.2) is 17.8 Å². The topological polar surface area (TPSA) is 63.5 Å². The molecule has 0 fully saturated rings. The maximum Gasteiger partial charge on any atom is 0.293 e. The maximum absolute atomic E-state index is 11.3. The molecule has 1 aromatic carbocycles. The summed E-state index contributed by atoms with van der Waals surface area (Å²) in [5, 5.41) is 11.2. The van der Waals surface area contributed by atoms with E-state index < -0.39 is 4.92 Å². The van der Waals surface area contributed by atoms with Gasteiger partial charge in [-0.25, -0.2) is 0 Å². The van der Waals surface area contributed by atoms with Crippen molar-refractivity contribution < 1.29 is 9.72 Å². The number of Topliss-reactive ketones (excluding diaryl/α,β-unsaturated/α-hetero) is 1. The molecule has 0 aliphatic heterocycles. The molecule has 0 radical (unpaired) electrons. The van der Waals surface area contributed by atoms with E-state index in [4.69, 9.17) is 11.6 Å². The molecule has 2 rings (SSSR count). The normalized spacial score (nSPS) is 10.4. The van der Waals surface area contributed by atoms with Crippen LogP contribution < -0.4 is 4.90 Å². The summed E-state index contributed by atoms with van der Waals surface area (Å²) >= 11 is 7.31. The molecule has 1 aromatic heterocycles. The summed E-state index contributed by atoms with van der Waals surface area (Å²) in [5.74, 6) is -0.197. The molecule has 0 N–H and O–H groups in total. The Bertz CT molecular complexity index is 699. The fourth-order valence-corrected chi connectivity index (χ4v) is 3.11. The van der Waals surface area contributed by atoms with Crippen LogP contribution in [0.5, 0.6) is 0 Å². The Morgan fingerprint density at radius 1 is 1.38 bits per heavy atom. The minimum atomic E-state index is -0.473. The summed E-state index contributed by atoms with van der Waals surface area (Å²) in [5.41, 5.74) is 0.723. The lowest BCUT2D eigenvalue weighted by Crippen LogP contribution is -2.17. The van der Waals surface area contributed by atoms with Gasteiger partial charge in [0.1, 0.15) is 5.69 Å². The fourth-order valence-electron chi connectivity index (χ4n) is 1.97. The fraction of sp³-hybridized carbons (Fsp3) is 0.214. The second-order valence-corrected chi connectivity index (χ2v) is 6.38. The highest BCUT2D eigenvalue weighted by Gasteiger charge is 2.19. The van der Waals surface area contributed by atoms with Crippen LogP contribution in [-0.2, 0) is 6.54 Å². The second kappa shape index (κ2) is 6.24. The van der Waals surface area contributed by atoms with Crippen molar-refractivity contribution in [2.75, 3.05) is 11.9 Å². The van der Waals surface area contributed by atoms with Gasteiger partial charge >= 0.3 is 0 Å². The summed E-state index contributed by atoms with van der Waals surface area (Å²) in [6, 6.07) is 8.20. The Morgan fingerprint density at radius 2 is 2.10 bits per heavy atom. The molecular formula is C14H13ClN2O3S. The monoisotopic (exact) mass is 324 g/mol. The van der Waals surface area contributed by atoms with Crippen LogP contribution in [0.15, 0.2) is 30.3 Å². The Hall–Kier alpha value is -1.92. The molecule has 2 aromatic rings. The van der Waals surface area contributed by atoms with E-state index in [0.717, 1.165) is 4.88 Å². The summed E-state index contributed by atoms with van der Waals surface area (Å²) in [7, 11) is 1.77. The van der Waals surface area contributed by atoms with Crippen LogP contribution in [0.1, 0.15) is 22.2 Å². The van der Waals surface area contributed by atoms with Gasteiger partial charge in [-0.15, -0.1) is 11.3 Å². The molecule has 0 amide bonds. The van der Waals surface area contributed by atoms with Gasteiger partial charge in [-0.3, -0.25) is 14.9 Å². The third kappa shape index (κ3) is 3.59. The first-order valence-corrected chi connectivity index (χ1v) is 7.32. The number of nitrogens with zero attached hydrogens (tertiary/aromatic N) is 2. The van der Waals surface area contributed by atoms with Gasteiger partial charge < -0.3 is 4.90 Å². The molecule has 0 bridgehead atoms. The third-order valence-electron chi connectivity index (χ3n) is 3.01. The molecule has 0 unspecified atom stereocenters. The number of halogens is 1. The molecule has 0 saturated carbocycles. The van der Waals surface area contributed by atoms with Gasteiger partial charge in [-0.05, 0) is 31.2 Å². The number of benzene rings is 1. The Balaban J connectivity index is 2.33. The van der Waals surface area contributed by atoms with Gasteiger partial charge in [0.25, 0.3) is 5.69 Å². The first-order valence-electron chi connectivity index (χ1n) is 6.13. The lowest BCUT2D eigenvalue weighted by Gasteiger charge is -2.18. The molecule has 21 heavy (non-hydrogen) atoms. The number of anilines is 1. The molecule has 0 atom stereocenters. The van der Waals surface area contributed by atoms with E-state index in [-0.39, 0.29) is 11.5 Å². The van der Waals surface area contributed by atoms with Crippen LogP contribution in [0, 0.1) is 10.1 Å². The van der Waals surface area contributed by atoms with Crippen molar-refractivity contribution >= 4 is 40.1 Å². The SMILES string of the molecule is CC(=O)c1ccc(N(C)Cc2ccc(Cl)s2)c([N+](=O)[O-])c1. The molecule has 0 aliphatic carbocycles. The lowest BCUT2D eigenvalue weighted by molar-refractivity contribution is -0.384. The number of thiophene rings is 1. The zero-order valence-electron chi connectivity index (χ0n) is 11.5. The van der Waals surface area contributed by atoms with Gasteiger partial charge in [0.2, 0.25) is 0 Å². The lowest BCUT2D eigenvalue weighted by atomic mass is 10.1. The van der Waals surface area contributed by atoms with E-state index in [1.54, 1.807) is 30.1 Å². The van der Waals surface area contributed by atoms with Crippen LogP contribution in [0.25, 0.3) is 0 Å². The molecule has 1 heterocycles. The molecule has 0 spiro atoms. The average molecular weight is 325 g/mol. The van der Waals surface area contributed by atoms with Crippen molar-refractivity contribution in [3.63, 3.8) is 0 Å². The molecule has 0 saturated heterocycles. The minimum Gasteiger partial charge on any atom is -0.364 e. The van der Waals surface area contributed by atoms with E-state index in [9.17, 15) is 14.9 Å². The Kier molecular flexibility index (Phi) is 4.59. The first kappa shape index (κ1) is 15.5. The van der Waals surface area contributed by atoms with Crippen molar-refractivity contribution in [1.29, 1.82) is 0 Å². The largest absolute Gasteiger partial charge is 0.364 e. The van der Waals surface area contributed by atoms with Gasteiger partial charge in [0, 0.05) is 23.6 Å². The van der Waals surface area contributed by atoms with E-state index >= 15 is 0 Å². The highest BCUT2D eigenvalue weighted by Crippen LogP contribution is 2.31. The van der Waals surface area contributed by atoms with E-state index in [2.05, 4.69) is 0 Å². The van der Waals surface area contributed by atoms with Crippen LogP contribution in [0.4, 0.5) is 11.4 Å². The summed E-state index contributed by atoms with van der Waals surface area (Å²) in [6.45, 7) is 1.90. The van der Waals surface area contributed by atoms with Gasteiger partial charge in [-0.1, -0.05) is 11.6 Å². The summed E-state index contributed by atoms with van der Waals surface area (Å²) < 4.78 is 0.680. The standard InChI is InChI=1S/C14H13ClN2O3S/c1-9(18)10-3-5-12(13(7-10)17(19)20)16(2)8-11-4-6-14(15)21-11/h3-7H,8H2,1-2H3. The van der Waals surface area contributed by atoms with Gasteiger partial charge in [0.15, 0.2) is 5.78 Å². The van der Waals surface area contributed by atoms with E-state index in [1.807, 2.05) is 6.07 Å². The Morgan fingerprint density at radius 3 is 2.62 bits per heavy atom. The first-order chi connectivity index (χ1) is 9.88. The van der Waals surface area contributed by atoms with Crippen molar-refractivity contribution in [2.24, 2.45) is 0 Å². The number of hydrogen-bond donors (Lipinski definition) is 0. The minimum absolute atomic E-state index is 0.0761. The second-order valence-electron chi connectivity index (χ2n) is 4.58. The molecule has 5 nitrogen and oxygen atoms in total. The van der Waals surface area contributed by atoms with E-state index in [1.165, 1.54) is 24.3 Å². The zero-order valence-corrected chi connectivity index (χ0v) is 13.1. The summed E-state index contributed by atoms with van der Waals surface area (Å²) in [4.78, 5) is 24.9. The van der Waals surface area contributed by atoms with Crippen molar-refractivity contribution in [1.82, 2.24) is 0 Å². The number of carbonyl (C=O) groups is 1. The van der Waals surface area contributed by atoms with Gasteiger partial charge in [-0.2, -0.15) is 0 Å². The number of rotatable bonds is 5. The average Bonchev–Trinajstić information content (AvgIpc) is 2.83. The quantitative estimate of drug-likeness (QED) is 0.471. The molecule has 7 heteroatoms. The van der Waals surface area contributed by atoms with E-state index in [0.29, 0.717) is 22.1 Å². The van der Waals surface area contributed by atoms with Gasteiger partial charge in [0.05, 0.1) is 15.8 Å². The number of nitro groups is 1. The molecule has 110 valence electrons. The third-order valence-corrected chi connectivity index (χ3v) is 4.23. The number of ketones is 1. The maximum atomic E-state index is 11.3. The smallest absolute Gasteiger partial charge is 0.293 e. The zero-order chi connectivity index (χ0) is 15.6.